The molecule has 6 nitrogen and oxygen atoms in total. The molecule has 2 rings (SSSR count). The predicted molar refractivity (Wildman–Crippen MR) is 112 cm³/mol. The monoisotopic (exact) mass is 396 g/mol. The van der Waals surface area contributed by atoms with Crippen LogP contribution in [0.25, 0.3) is 0 Å². The molecule has 7 heteroatoms. The maximum absolute atomic E-state index is 12.3. The van der Waals surface area contributed by atoms with E-state index in [9.17, 15) is 9.59 Å². The normalized spacial score (nSPS) is 16.3. The molecule has 1 saturated heterocycles. The van der Waals surface area contributed by atoms with Crippen LogP contribution in [0.2, 0.25) is 0 Å². The van der Waals surface area contributed by atoms with Gasteiger partial charge in [-0.2, -0.15) is 0 Å². The van der Waals surface area contributed by atoms with Gasteiger partial charge < -0.3 is 20.9 Å². The van der Waals surface area contributed by atoms with Crippen molar-refractivity contribution in [2.45, 2.75) is 39.2 Å². The van der Waals surface area contributed by atoms with Crippen molar-refractivity contribution in [2.24, 2.45) is 11.7 Å². The molecule has 1 aliphatic heterocycles. The molecule has 152 valence electrons. The van der Waals surface area contributed by atoms with E-state index >= 15 is 0 Å². The first-order valence-corrected chi connectivity index (χ1v) is 9.64. The van der Waals surface area contributed by atoms with Crippen LogP contribution in [-0.2, 0) is 9.59 Å². The number of carbonyl (C=O) groups excluding carboxylic acids is 2. The van der Waals surface area contributed by atoms with E-state index in [-0.39, 0.29) is 30.1 Å². The summed E-state index contributed by atoms with van der Waals surface area (Å²) in [5.41, 5.74) is 7.11. The predicted octanol–water partition coefficient (Wildman–Crippen LogP) is 2.03. The van der Waals surface area contributed by atoms with Crippen LogP contribution in [0, 0.1) is 5.92 Å². The number of amides is 2. The zero-order chi connectivity index (χ0) is 18.9. The van der Waals surface area contributed by atoms with Gasteiger partial charge in [-0.25, -0.2) is 0 Å². The second-order valence-corrected chi connectivity index (χ2v) is 7.01. The Bertz CT molecular complexity index is 577. The van der Waals surface area contributed by atoms with E-state index in [4.69, 9.17) is 5.73 Å². The van der Waals surface area contributed by atoms with Gasteiger partial charge in [0.1, 0.15) is 0 Å². The van der Waals surface area contributed by atoms with Gasteiger partial charge in [0.15, 0.2) is 0 Å². The van der Waals surface area contributed by atoms with E-state index in [1.165, 1.54) is 5.69 Å². The van der Waals surface area contributed by atoms with Gasteiger partial charge in [-0.1, -0.05) is 38.5 Å². The van der Waals surface area contributed by atoms with Crippen molar-refractivity contribution in [2.75, 3.05) is 37.6 Å². The Hall–Kier alpha value is -1.79. The standard InChI is InChI=1S/C20H32N4O2.ClH/c1-3-16(2)19(21)20(26)22-11-7-10-18(25)24-14-12-23(13-15-24)17-8-5-4-6-9-17;/h4-6,8-9,16,19H,3,7,10-15,21H2,1-2H3,(H,22,26);1H. The topological polar surface area (TPSA) is 78.7 Å². The highest BCUT2D eigenvalue weighted by atomic mass is 35.5. The summed E-state index contributed by atoms with van der Waals surface area (Å²) in [5, 5.41) is 2.84. The zero-order valence-electron chi connectivity index (χ0n) is 16.4. The summed E-state index contributed by atoms with van der Waals surface area (Å²) in [6.07, 6.45) is 1.99. The number of hydrogen-bond donors (Lipinski definition) is 2. The summed E-state index contributed by atoms with van der Waals surface area (Å²) < 4.78 is 0. The highest BCUT2D eigenvalue weighted by molar-refractivity contribution is 5.85. The van der Waals surface area contributed by atoms with Crippen molar-refractivity contribution in [1.82, 2.24) is 10.2 Å². The smallest absolute Gasteiger partial charge is 0.237 e. The average molecular weight is 397 g/mol. The Morgan fingerprint density at radius 2 is 1.78 bits per heavy atom. The lowest BCUT2D eigenvalue weighted by atomic mass is 9.99. The Morgan fingerprint density at radius 1 is 1.15 bits per heavy atom. The number of nitrogens with two attached hydrogens (primary N) is 1. The van der Waals surface area contributed by atoms with Crippen molar-refractivity contribution < 1.29 is 9.59 Å². The molecular weight excluding hydrogens is 364 g/mol. The molecule has 2 unspecified atom stereocenters. The summed E-state index contributed by atoms with van der Waals surface area (Å²) in [4.78, 5) is 28.5. The molecular formula is C20H33ClN4O2. The Balaban J connectivity index is 0.00000364. The zero-order valence-corrected chi connectivity index (χ0v) is 17.2. The number of nitrogens with zero attached hydrogens (tertiary/aromatic N) is 2. The van der Waals surface area contributed by atoms with Gasteiger partial charge in [-0.05, 0) is 24.5 Å². The molecule has 1 aromatic rings. The Kier molecular flexibility index (Phi) is 10.2. The largest absolute Gasteiger partial charge is 0.368 e. The fraction of sp³-hybridized carbons (Fsp3) is 0.600. The molecule has 1 heterocycles. The van der Waals surface area contributed by atoms with E-state index < -0.39 is 6.04 Å². The number of nitrogens with one attached hydrogen (secondary N) is 1. The summed E-state index contributed by atoms with van der Waals surface area (Å²) in [6, 6.07) is 9.82. The van der Waals surface area contributed by atoms with Crippen LogP contribution in [0.5, 0.6) is 0 Å². The van der Waals surface area contributed by atoms with Crippen LogP contribution in [-0.4, -0.2) is 55.5 Å². The minimum Gasteiger partial charge on any atom is -0.368 e. The number of para-hydroxylation sites is 1. The molecule has 0 spiro atoms. The first kappa shape index (κ1) is 23.2. The molecule has 0 aliphatic carbocycles. The molecule has 1 aromatic carbocycles. The number of carbonyl (C=O) groups is 2. The van der Waals surface area contributed by atoms with Crippen LogP contribution in [0.15, 0.2) is 30.3 Å². The van der Waals surface area contributed by atoms with Crippen molar-refractivity contribution in [3.63, 3.8) is 0 Å². The van der Waals surface area contributed by atoms with Crippen LogP contribution in [0.1, 0.15) is 33.1 Å². The number of rotatable bonds is 8. The molecule has 3 N–H and O–H groups in total. The Labute approximate surface area is 168 Å². The fourth-order valence-electron chi connectivity index (χ4n) is 3.09. The van der Waals surface area contributed by atoms with Gasteiger partial charge in [-0.15, -0.1) is 12.4 Å². The number of piperazine rings is 1. The molecule has 0 saturated carbocycles. The molecule has 0 bridgehead atoms. The van der Waals surface area contributed by atoms with Gasteiger partial charge in [0.05, 0.1) is 6.04 Å². The molecule has 0 aromatic heterocycles. The average Bonchev–Trinajstić information content (AvgIpc) is 2.70. The highest BCUT2D eigenvalue weighted by Gasteiger charge is 2.21. The third-order valence-electron chi connectivity index (χ3n) is 5.18. The number of halogens is 1. The molecule has 1 fully saturated rings. The van der Waals surface area contributed by atoms with E-state index in [0.717, 1.165) is 32.6 Å². The SMILES string of the molecule is CCC(C)C(N)C(=O)NCCCC(=O)N1CCN(c2ccccc2)CC1.Cl. The lowest BCUT2D eigenvalue weighted by molar-refractivity contribution is -0.132. The third kappa shape index (κ3) is 7.03. The van der Waals surface area contributed by atoms with Crippen LogP contribution in [0.4, 0.5) is 5.69 Å². The maximum Gasteiger partial charge on any atom is 0.237 e. The molecule has 27 heavy (non-hydrogen) atoms. The molecule has 2 atom stereocenters. The van der Waals surface area contributed by atoms with Crippen molar-refractivity contribution >= 4 is 29.9 Å². The summed E-state index contributed by atoms with van der Waals surface area (Å²) >= 11 is 0. The number of benzene rings is 1. The lowest BCUT2D eigenvalue weighted by Crippen LogP contribution is -2.49. The Morgan fingerprint density at radius 3 is 2.37 bits per heavy atom. The highest BCUT2D eigenvalue weighted by Crippen LogP contribution is 2.16. The van der Waals surface area contributed by atoms with Gasteiger partial charge in [0.2, 0.25) is 11.8 Å². The maximum atomic E-state index is 12.3. The fourth-order valence-corrected chi connectivity index (χ4v) is 3.09. The van der Waals surface area contributed by atoms with E-state index in [1.807, 2.05) is 36.9 Å². The van der Waals surface area contributed by atoms with Crippen molar-refractivity contribution in [3.8, 4) is 0 Å². The number of anilines is 1. The molecule has 2 amide bonds. The van der Waals surface area contributed by atoms with Crippen LogP contribution in [0.3, 0.4) is 0 Å². The van der Waals surface area contributed by atoms with Crippen molar-refractivity contribution in [1.29, 1.82) is 0 Å². The van der Waals surface area contributed by atoms with Crippen LogP contribution < -0.4 is 16.0 Å². The summed E-state index contributed by atoms with van der Waals surface area (Å²) in [7, 11) is 0. The molecule has 1 aliphatic rings. The summed E-state index contributed by atoms with van der Waals surface area (Å²) in [5.74, 6) is 0.207. The van der Waals surface area contributed by atoms with E-state index in [0.29, 0.717) is 19.4 Å². The minimum absolute atomic E-state index is 0. The molecule has 0 radical (unpaired) electrons. The van der Waals surface area contributed by atoms with E-state index in [1.54, 1.807) is 0 Å². The van der Waals surface area contributed by atoms with Gasteiger partial charge >= 0.3 is 0 Å². The second-order valence-electron chi connectivity index (χ2n) is 7.01. The van der Waals surface area contributed by atoms with Crippen molar-refractivity contribution in [3.05, 3.63) is 30.3 Å². The first-order valence-electron chi connectivity index (χ1n) is 9.64. The van der Waals surface area contributed by atoms with Gasteiger partial charge in [0, 0.05) is 44.8 Å². The first-order chi connectivity index (χ1) is 12.5. The number of hydrogen-bond acceptors (Lipinski definition) is 4. The minimum atomic E-state index is -0.471. The lowest BCUT2D eigenvalue weighted by Gasteiger charge is -2.36. The van der Waals surface area contributed by atoms with Crippen LogP contribution >= 0.6 is 12.4 Å². The quantitative estimate of drug-likeness (QED) is 0.659. The van der Waals surface area contributed by atoms with Gasteiger partial charge in [-0.3, -0.25) is 9.59 Å². The third-order valence-corrected chi connectivity index (χ3v) is 5.18. The second kappa shape index (κ2) is 11.8. The van der Waals surface area contributed by atoms with E-state index in [2.05, 4.69) is 22.3 Å². The van der Waals surface area contributed by atoms with Gasteiger partial charge in [0.25, 0.3) is 0 Å². The summed E-state index contributed by atoms with van der Waals surface area (Å²) in [6.45, 7) is 7.71.